The third-order valence-electron chi connectivity index (χ3n) is 11.8. The van der Waals surface area contributed by atoms with Gasteiger partial charge in [0.2, 0.25) is 0 Å². The molecule has 4 atom stereocenters. The van der Waals surface area contributed by atoms with Crippen molar-refractivity contribution in [2.75, 3.05) is 27.3 Å². The summed E-state index contributed by atoms with van der Waals surface area (Å²) in [4.78, 5) is 70.8. The zero-order chi connectivity index (χ0) is 40.7. The standard InChI is InChI=1S/C44H60N6O6/c1-9-29-24(2)32-23-37-40(28(6)51)26(4)34(48-37)21-33-25(3)30(16-17-38(52)55-7)42(49-33)31(20-39(53)56-8)43-41(27(5)35(50-43)22-36(29)47-32)44(54)46-19-15-13-11-10-12-14-18-45/h21-25,29-30,48,50H,9-20,45H2,1-8H3,(H,46,54)/t24-,25+,29-,30+/m1/s1. The number of unbranched alkanes of at least 4 members (excludes halogenated alkanes) is 5. The van der Waals surface area contributed by atoms with Gasteiger partial charge in [-0.25, -0.2) is 0 Å². The Bertz CT molecular complexity index is 2120. The van der Waals surface area contributed by atoms with Crippen LogP contribution < -0.4 is 11.1 Å². The zero-order valence-electron chi connectivity index (χ0n) is 34.4. The van der Waals surface area contributed by atoms with E-state index in [1.54, 1.807) is 6.92 Å². The van der Waals surface area contributed by atoms with E-state index in [2.05, 4.69) is 29.1 Å². The minimum atomic E-state index is -0.488. The number of nitrogens with two attached hydrogens (primary N) is 1. The number of aryl methyl sites for hydroxylation is 2. The van der Waals surface area contributed by atoms with Crippen LogP contribution in [0.5, 0.6) is 0 Å². The quantitative estimate of drug-likeness (QED) is 0.0637. The molecule has 2 aliphatic heterocycles. The molecule has 0 saturated carbocycles. The fourth-order valence-electron chi connectivity index (χ4n) is 8.49. The molecule has 302 valence electrons. The summed E-state index contributed by atoms with van der Waals surface area (Å²) >= 11 is 0. The fraction of sp³-hybridized carbons (Fsp3) is 0.545. The Morgan fingerprint density at radius 1 is 0.768 bits per heavy atom. The Morgan fingerprint density at radius 2 is 1.36 bits per heavy atom. The smallest absolute Gasteiger partial charge is 0.310 e. The summed E-state index contributed by atoms with van der Waals surface area (Å²) < 4.78 is 10.3. The van der Waals surface area contributed by atoms with Gasteiger partial charge in [0.1, 0.15) is 0 Å². The first-order valence-corrected chi connectivity index (χ1v) is 20.2. The molecule has 2 aliphatic rings. The molecule has 0 unspecified atom stereocenters. The van der Waals surface area contributed by atoms with Gasteiger partial charge >= 0.3 is 11.9 Å². The molecule has 0 aliphatic carbocycles. The molecular weight excluding hydrogens is 709 g/mol. The number of esters is 2. The summed E-state index contributed by atoms with van der Waals surface area (Å²) in [6.07, 6.45) is 7.37. The number of methoxy groups -OCH3 is 2. The van der Waals surface area contributed by atoms with Gasteiger partial charge < -0.3 is 30.5 Å². The highest BCUT2D eigenvalue weighted by Crippen LogP contribution is 2.43. The number of carbonyl (C=O) groups excluding carboxylic acids is 4. The monoisotopic (exact) mass is 768 g/mol. The van der Waals surface area contributed by atoms with Crippen LogP contribution in [0.15, 0.2) is 18.2 Å². The number of nitrogens with zero attached hydrogens (tertiary/aromatic N) is 2. The van der Waals surface area contributed by atoms with Gasteiger partial charge in [0, 0.05) is 75.9 Å². The molecule has 56 heavy (non-hydrogen) atoms. The van der Waals surface area contributed by atoms with E-state index in [0.29, 0.717) is 58.4 Å². The zero-order valence-corrected chi connectivity index (χ0v) is 34.4. The van der Waals surface area contributed by atoms with Crippen molar-refractivity contribution in [1.82, 2.24) is 25.3 Å². The van der Waals surface area contributed by atoms with Crippen molar-refractivity contribution in [3.8, 4) is 0 Å². The lowest BCUT2D eigenvalue weighted by Crippen LogP contribution is -2.25. The van der Waals surface area contributed by atoms with Crippen molar-refractivity contribution < 1.29 is 28.7 Å². The van der Waals surface area contributed by atoms with Gasteiger partial charge in [-0.3, -0.25) is 29.1 Å². The minimum absolute atomic E-state index is 0.0579. The Labute approximate surface area is 330 Å². The van der Waals surface area contributed by atoms with E-state index in [0.717, 1.165) is 78.7 Å². The first-order chi connectivity index (χ1) is 26.8. The normalized spacial score (nSPS) is 17.8. The number of Topliss-reactive ketones (excluding diaryl/α,β-unsaturated/α-hetero) is 1. The number of hydrogen-bond acceptors (Lipinski definition) is 9. The maximum absolute atomic E-state index is 14.4. The predicted octanol–water partition coefficient (Wildman–Crippen LogP) is 8.02. The van der Waals surface area contributed by atoms with Gasteiger partial charge in [-0.2, -0.15) is 0 Å². The molecule has 5 N–H and O–H groups in total. The van der Waals surface area contributed by atoms with Crippen molar-refractivity contribution in [2.24, 2.45) is 5.73 Å². The maximum atomic E-state index is 14.4. The number of carbonyl (C=O) groups is 4. The molecule has 1 amide bonds. The molecule has 0 fully saturated rings. The molecule has 5 rings (SSSR count). The van der Waals surface area contributed by atoms with Crippen LogP contribution in [0.1, 0.15) is 169 Å². The largest absolute Gasteiger partial charge is 0.469 e. The molecule has 0 radical (unpaired) electrons. The molecule has 0 spiro atoms. The first kappa shape index (κ1) is 42.3. The number of fused-ring (bicyclic) bond motifs is 8. The van der Waals surface area contributed by atoms with Crippen LogP contribution >= 0.6 is 0 Å². The molecule has 8 bridgehead atoms. The van der Waals surface area contributed by atoms with Crippen molar-refractivity contribution in [3.05, 3.63) is 68.8 Å². The van der Waals surface area contributed by atoms with E-state index in [4.69, 9.17) is 25.2 Å². The van der Waals surface area contributed by atoms with Crippen LogP contribution in [0, 0.1) is 13.8 Å². The lowest BCUT2D eigenvalue weighted by Gasteiger charge is -2.18. The highest BCUT2D eigenvalue weighted by molar-refractivity contribution is 6.06. The Hall–Kier alpha value is -4.84. The average molecular weight is 769 g/mol. The van der Waals surface area contributed by atoms with Gasteiger partial charge in [-0.1, -0.05) is 46.5 Å². The summed E-state index contributed by atoms with van der Waals surface area (Å²) in [5.74, 6) is -1.49. The van der Waals surface area contributed by atoms with Gasteiger partial charge in [0.05, 0.1) is 42.9 Å². The van der Waals surface area contributed by atoms with Crippen molar-refractivity contribution in [3.63, 3.8) is 0 Å². The molecule has 3 aromatic heterocycles. The van der Waals surface area contributed by atoms with E-state index in [1.807, 2.05) is 39.0 Å². The number of nitrogens with one attached hydrogen (secondary N) is 3. The van der Waals surface area contributed by atoms with Crippen LogP contribution in [-0.4, -0.2) is 70.9 Å². The van der Waals surface area contributed by atoms with Gasteiger partial charge in [0.25, 0.3) is 5.91 Å². The number of aromatic amines is 2. The maximum Gasteiger partial charge on any atom is 0.310 e. The highest BCUT2D eigenvalue weighted by atomic mass is 16.5. The summed E-state index contributed by atoms with van der Waals surface area (Å²) in [6, 6.07) is 5.96. The number of ether oxygens (including phenoxy) is 2. The summed E-state index contributed by atoms with van der Waals surface area (Å²) in [6.45, 7) is 13.0. The van der Waals surface area contributed by atoms with E-state index in [1.165, 1.54) is 14.2 Å². The number of amides is 1. The third-order valence-corrected chi connectivity index (χ3v) is 11.8. The van der Waals surface area contributed by atoms with E-state index >= 15 is 0 Å². The van der Waals surface area contributed by atoms with Crippen LogP contribution in [-0.2, 0) is 25.5 Å². The number of H-pyrrole nitrogens is 2. The van der Waals surface area contributed by atoms with Gasteiger partial charge in [-0.15, -0.1) is 0 Å². The topological polar surface area (TPSA) is 182 Å². The molecule has 12 nitrogen and oxygen atoms in total. The number of rotatable bonds is 16. The van der Waals surface area contributed by atoms with E-state index in [-0.39, 0.29) is 54.2 Å². The average Bonchev–Trinajstić information content (AvgIpc) is 3.86. The van der Waals surface area contributed by atoms with Crippen LogP contribution in [0.2, 0.25) is 0 Å². The van der Waals surface area contributed by atoms with Crippen LogP contribution in [0.3, 0.4) is 0 Å². The number of hydrogen-bond donors (Lipinski definition) is 4. The molecule has 0 aromatic carbocycles. The Balaban J connectivity index is 1.84. The van der Waals surface area contributed by atoms with Crippen molar-refractivity contribution >= 4 is 45.7 Å². The highest BCUT2D eigenvalue weighted by Gasteiger charge is 2.34. The Kier molecular flexibility index (Phi) is 14.3. The molecule has 3 aromatic rings. The Morgan fingerprint density at radius 3 is 2.02 bits per heavy atom. The second-order valence-electron chi connectivity index (χ2n) is 15.4. The van der Waals surface area contributed by atoms with E-state index < -0.39 is 5.97 Å². The predicted molar refractivity (Wildman–Crippen MR) is 219 cm³/mol. The summed E-state index contributed by atoms with van der Waals surface area (Å²) in [5, 5.41) is 3.17. The van der Waals surface area contributed by atoms with E-state index in [9.17, 15) is 19.2 Å². The third kappa shape index (κ3) is 9.06. The molecule has 5 heterocycles. The lowest BCUT2D eigenvalue weighted by molar-refractivity contribution is -0.141. The van der Waals surface area contributed by atoms with Crippen molar-refractivity contribution in [1.29, 1.82) is 0 Å². The SMILES string of the molecule is CC[C@H]1c2cc3[nH]c(c(CC(=O)OC)c4nc(cc5[nH]c(cc(n2)[C@@H]1C)c(C(C)=O)c5C)[C@@H](C)[C@@H]4CCC(=O)OC)c(C(=O)NCCCCCCCCN)c3C. The lowest BCUT2D eigenvalue weighted by atomic mass is 9.85. The first-order valence-electron chi connectivity index (χ1n) is 20.2. The summed E-state index contributed by atoms with van der Waals surface area (Å²) in [5.41, 5.74) is 14.4. The second kappa shape index (κ2) is 18.9. The second-order valence-corrected chi connectivity index (χ2v) is 15.4. The minimum Gasteiger partial charge on any atom is -0.469 e. The molecule has 12 heteroatoms. The number of ketones is 1. The fourth-order valence-corrected chi connectivity index (χ4v) is 8.49. The van der Waals surface area contributed by atoms with Crippen LogP contribution in [0.25, 0.3) is 22.1 Å². The number of aromatic nitrogens is 4. The van der Waals surface area contributed by atoms with Crippen molar-refractivity contribution in [2.45, 2.75) is 129 Å². The van der Waals surface area contributed by atoms with Gasteiger partial charge in [0.15, 0.2) is 5.78 Å². The summed E-state index contributed by atoms with van der Waals surface area (Å²) in [7, 11) is 2.71. The van der Waals surface area contributed by atoms with Crippen LogP contribution in [0.4, 0.5) is 0 Å². The molecular formula is C44H60N6O6. The molecule has 0 saturated heterocycles. The van der Waals surface area contributed by atoms with Gasteiger partial charge in [-0.05, 0) is 82.3 Å².